The molecule has 0 saturated heterocycles. The van der Waals surface area contributed by atoms with Gasteiger partial charge in [-0.2, -0.15) is 0 Å². The molecule has 1 N–H and O–H groups in total. The molecule has 104 valence electrons. The summed E-state index contributed by atoms with van der Waals surface area (Å²) in [6, 6.07) is 5.51. The third-order valence-corrected chi connectivity index (χ3v) is 4.47. The van der Waals surface area contributed by atoms with Gasteiger partial charge in [0.1, 0.15) is 4.34 Å². The Hall–Kier alpha value is -1.43. The lowest BCUT2D eigenvalue weighted by molar-refractivity contribution is 0.0951. The van der Waals surface area contributed by atoms with E-state index in [1.54, 1.807) is 5.38 Å². The van der Waals surface area contributed by atoms with E-state index in [9.17, 15) is 4.79 Å². The van der Waals surface area contributed by atoms with Crippen LogP contribution in [0, 0.1) is 0 Å². The zero-order valence-electron chi connectivity index (χ0n) is 10.1. The molecular weight excluding hydrogens is 321 g/mol. The van der Waals surface area contributed by atoms with Crippen LogP contribution in [-0.4, -0.2) is 12.7 Å². The molecule has 0 atom stereocenters. The maximum atomic E-state index is 12.0. The van der Waals surface area contributed by atoms with Crippen LogP contribution in [0.15, 0.2) is 23.6 Å². The lowest BCUT2D eigenvalue weighted by atomic mass is 10.2. The highest BCUT2D eigenvalue weighted by Crippen LogP contribution is 2.33. The van der Waals surface area contributed by atoms with Gasteiger partial charge in [-0.15, -0.1) is 11.3 Å². The van der Waals surface area contributed by atoms with Gasteiger partial charge in [-0.3, -0.25) is 4.79 Å². The molecule has 0 aliphatic carbocycles. The van der Waals surface area contributed by atoms with Crippen LogP contribution in [0.4, 0.5) is 0 Å². The van der Waals surface area contributed by atoms with Crippen molar-refractivity contribution in [3.05, 3.63) is 44.1 Å². The van der Waals surface area contributed by atoms with E-state index in [1.165, 1.54) is 11.3 Å². The smallest absolute Gasteiger partial charge is 0.255 e. The molecule has 1 aromatic heterocycles. The number of hydrogen-bond donors (Lipinski definition) is 1. The first-order valence-electron chi connectivity index (χ1n) is 5.74. The van der Waals surface area contributed by atoms with Gasteiger partial charge in [-0.1, -0.05) is 29.3 Å². The van der Waals surface area contributed by atoms with E-state index >= 15 is 0 Å². The Morgan fingerprint density at radius 1 is 1.30 bits per heavy atom. The minimum Gasteiger partial charge on any atom is -0.454 e. The van der Waals surface area contributed by atoms with Crippen LogP contribution in [0.1, 0.15) is 15.9 Å². The highest BCUT2D eigenvalue weighted by Gasteiger charge is 2.17. The number of benzene rings is 1. The van der Waals surface area contributed by atoms with Gasteiger partial charge < -0.3 is 14.8 Å². The van der Waals surface area contributed by atoms with Crippen molar-refractivity contribution in [2.75, 3.05) is 6.79 Å². The van der Waals surface area contributed by atoms with Crippen molar-refractivity contribution in [3.8, 4) is 11.5 Å². The predicted molar refractivity (Wildman–Crippen MR) is 78.1 cm³/mol. The second-order valence-electron chi connectivity index (χ2n) is 4.10. The number of rotatable bonds is 3. The Bertz CT molecular complexity index is 652. The Kier molecular flexibility index (Phi) is 3.74. The number of halogens is 2. The molecule has 0 fully saturated rings. The zero-order chi connectivity index (χ0) is 14.1. The highest BCUT2D eigenvalue weighted by molar-refractivity contribution is 7.15. The van der Waals surface area contributed by atoms with Crippen molar-refractivity contribution in [1.82, 2.24) is 5.32 Å². The maximum Gasteiger partial charge on any atom is 0.255 e. The topological polar surface area (TPSA) is 47.6 Å². The summed E-state index contributed by atoms with van der Waals surface area (Å²) in [6.45, 7) is 0.587. The van der Waals surface area contributed by atoms with E-state index in [0.29, 0.717) is 33.0 Å². The number of carbonyl (C=O) groups is 1. The summed E-state index contributed by atoms with van der Waals surface area (Å²) in [4.78, 5) is 12.0. The van der Waals surface area contributed by atoms with Crippen molar-refractivity contribution in [3.63, 3.8) is 0 Å². The Morgan fingerprint density at radius 2 is 2.10 bits per heavy atom. The van der Waals surface area contributed by atoms with Crippen LogP contribution in [0.5, 0.6) is 11.5 Å². The molecule has 0 saturated carbocycles. The summed E-state index contributed by atoms with van der Waals surface area (Å²) < 4.78 is 10.9. The first-order chi connectivity index (χ1) is 9.65. The average molecular weight is 330 g/mol. The van der Waals surface area contributed by atoms with Gasteiger partial charge in [0.15, 0.2) is 11.5 Å². The van der Waals surface area contributed by atoms with E-state index < -0.39 is 0 Å². The van der Waals surface area contributed by atoms with Crippen molar-refractivity contribution >= 4 is 40.4 Å². The Balaban J connectivity index is 1.69. The van der Waals surface area contributed by atoms with Gasteiger partial charge in [0.05, 0.1) is 10.6 Å². The summed E-state index contributed by atoms with van der Waals surface area (Å²) in [5.74, 6) is 1.10. The van der Waals surface area contributed by atoms with E-state index in [4.69, 9.17) is 32.7 Å². The fraction of sp³-hybridized carbons (Fsp3) is 0.154. The molecule has 20 heavy (non-hydrogen) atoms. The van der Waals surface area contributed by atoms with E-state index in [2.05, 4.69) is 5.32 Å². The van der Waals surface area contributed by atoms with Crippen molar-refractivity contribution < 1.29 is 14.3 Å². The van der Waals surface area contributed by atoms with Gasteiger partial charge >= 0.3 is 0 Å². The quantitative estimate of drug-likeness (QED) is 0.933. The molecule has 4 nitrogen and oxygen atoms in total. The average Bonchev–Trinajstić information content (AvgIpc) is 3.02. The Morgan fingerprint density at radius 3 is 2.85 bits per heavy atom. The molecule has 1 aliphatic heterocycles. The SMILES string of the molecule is O=C(NCc1ccc2c(c1)OCO2)c1c(Cl)csc1Cl. The summed E-state index contributed by atoms with van der Waals surface area (Å²) in [5, 5.41) is 4.78. The maximum absolute atomic E-state index is 12.0. The highest BCUT2D eigenvalue weighted by atomic mass is 35.5. The van der Waals surface area contributed by atoms with Crippen molar-refractivity contribution in [2.24, 2.45) is 0 Å². The minimum atomic E-state index is -0.293. The monoisotopic (exact) mass is 329 g/mol. The normalized spacial score (nSPS) is 12.5. The molecule has 0 unspecified atom stereocenters. The van der Waals surface area contributed by atoms with Crippen LogP contribution in [0.2, 0.25) is 9.36 Å². The molecule has 0 bridgehead atoms. The van der Waals surface area contributed by atoms with Gasteiger partial charge in [-0.05, 0) is 17.7 Å². The molecule has 2 heterocycles. The first kappa shape index (κ1) is 13.5. The number of hydrogen-bond acceptors (Lipinski definition) is 4. The predicted octanol–water partition coefficient (Wildman–Crippen LogP) is 3.71. The minimum absolute atomic E-state index is 0.227. The summed E-state index contributed by atoms with van der Waals surface area (Å²) in [5.41, 5.74) is 1.23. The van der Waals surface area contributed by atoms with Gasteiger partial charge in [0, 0.05) is 11.9 Å². The molecule has 3 rings (SSSR count). The second kappa shape index (κ2) is 5.52. The van der Waals surface area contributed by atoms with E-state index in [1.807, 2.05) is 18.2 Å². The van der Waals surface area contributed by atoms with Crippen LogP contribution >= 0.6 is 34.5 Å². The lowest BCUT2D eigenvalue weighted by Crippen LogP contribution is -2.22. The summed E-state index contributed by atoms with van der Waals surface area (Å²) >= 11 is 13.1. The van der Waals surface area contributed by atoms with Crippen LogP contribution < -0.4 is 14.8 Å². The molecule has 1 aliphatic rings. The standard InChI is InChI=1S/C13H9Cl2NO3S/c14-8-5-20-12(15)11(8)13(17)16-4-7-1-2-9-10(3-7)19-6-18-9/h1-3,5H,4,6H2,(H,16,17). The number of fused-ring (bicyclic) bond motifs is 1. The summed E-state index contributed by atoms with van der Waals surface area (Å²) in [7, 11) is 0. The van der Waals surface area contributed by atoms with Gasteiger partial charge in [0.25, 0.3) is 5.91 Å². The largest absolute Gasteiger partial charge is 0.454 e. The third-order valence-electron chi connectivity index (χ3n) is 2.82. The second-order valence-corrected chi connectivity index (χ2v) is 5.99. The molecule has 7 heteroatoms. The molecule has 0 radical (unpaired) electrons. The van der Waals surface area contributed by atoms with E-state index in [-0.39, 0.29) is 12.7 Å². The fourth-order valence-electron chi connectivity index (χ4n) is 1.83. The first-order valence-corrected chi connectivity index (χ1v) is 7.38. The molecule has 1 amide bonds. The van der Waals surface area contributed by atoms with Crippen LogP contribution in [-0.2, 0) is 6.54 Å². The number of amides is 1. The van der Waals surface area contributed by atoms with Gasteiger partial charge in [0.2, 0.25) is 6.79 Å². The molecule has 1 aromatic carbocycles. The van der Waals surface area contributed by atoms with Crippen LogP contribution in [0.3, 0.4) is 0 Å². The van der Waals surface area contributed by atoms with Gasteiger partial charge in [-0.25, -0.2) is 0 Å². The molecule has 2 aromatic rings. The number of nitrogens with one attached hydrogen (secondary N) is 1. The number of carbonyl (C=O) groups excluding carboxylic acids is 1. The van der Waals surface area contributed by atoms with Crippen molar-refractivity contribution in [1.29, 1.82) is 0 Å². The lowest BCUT2D eigenvalue weighted by Gasteiger charge is -2.06. The van der Waals surface area contributed by atoms with Crippen molar-refractivity contribution in [2.45, 2.75) is 6.54 Å². The molecular formula is C13H9Cl2NO3S. The number of ether oxygens (including phenoxy) is 2. The third kappa shape index (κ3) is 2.57. The number of thiophene rings is 1. The van der Waals surface area contributed by atoms with Crippen LogP contribution in [0.25, 0.3) is 0 Å². The van der Waals surface area contributed by atoms with E-state index in [0.717, 1.165) is 5.56 Å². The molecule has 0 spiro atoms. The Labute approximate surface area is 129 Å². The zero-order valence-corrected chi connectivity index (χ0v) is 12.4. The fourth-order valence-corrected chi connectivity index (χ4v) is 3.22. The summed E-state index contributed by atoms with van der Waals surface area (Å²) in [6.07, 6.45) is 0.